The minimum atomic E-state index is -0.579. The van der Waals surface area contributed by atoms with Crippen LogP contribution in [0.15, 0.2) is 28.4 Å². The van der Waals surface area contributed by atoms with Gasteiger partial charge in [-0.05, 0) is 51.8 Å². The molecule has 0 unspecified atom stereocenters. The molecule has 0 bridgehead atoms. The monoisotopic (exact) mass is 410 g/mol. The summed E-state index contributed by atoms with van der Waals surface area (Å²) in [5.41, 5.74) is 1.46. The van der Waals surface area contributed by atoms with E-state index in [0.29, 0.717) is 16.5 Å². The Morgan fingerprint density at radius 3 is 2.72 bits per heavy atom. The number of carbonyl (C=O) groups excluding carboxylic acids is 1. The van der Waals surface area contributed by atoms with Crippen LogP contribution < -0.4 is 10.9 Å². The molecule has 0 radical (unpaired) electrons. The van der Waals surface area contributed by atoms with E-state index in [9.17, 15) is 9.59 Å². The van der Waals surface area contributed by atoms with E-state index in [0.717, 1.165) is 48.8 Å². The van der Waals surface area contributed by atoms with Gasteiger partial charge in [0.25, 0.3) is 11.5 Å². The molecule has 1 aliphatic heterocycles. The molecule has 152 valence electrons. The average molecular weight is 411 g/mol. The second kappa shape index (κ2) is 7.71. The molecule has 1 N–H and O–H groups in total. The van der Waals surface area contributed by atoms with Gasteiger partial charge in [-0.1, -0.05) is 12.8 Å². The summed E-state index contributed by atoms with van der Waals surface area (Å²) in [6.45, 7) is 6.55. The Morgan fingerprint density at radius 1 is 1.17 bits per heavy atom. The molecule has 1 aromatic carbocycles. The lowest BCUT2D eigenvalue weighted by molar-refractivity contribution is 0.0912. The third kappa shape index (κ3) is 3.96. The summed E-state index contributed by atoms with van der Waals surface area (Å²) in [5.74, 6) is 0.636. The molecule has 0 fully saturated rings. The van der Waals surface area contributed by atoms with Crippen LogP contribution in [-0.4, -0.2) is 20.4 Å². The predicted octanol–water partition coefficient (Wildman–Crippen LogP) is 3.94. The lowest BCUT2D eigenvalue weighted by Gasteiger charge is -2.24. The van der Waals surface area contributed by atoms with Crippen molar-refractivity contribution >= 4 is 28.1 Å². The number of aryl methyl sites for hydroxylation is 2. The summed E-state index contributed by atoms with van der Waals surface area (Å²) >= 11 is 1.54. The van der Waals surface area contributed by atoms with Gasteiger partial charge < -0.3 is 5.32 Å². The van der Waals surface area contributed by atoms with Crippen molar-refractivity contribution in [3.05, 3.63) is 56.0 Å². The van der Waals surface area contributed by atoms with E-state index in [-0.39, 0.29) is 11.5 Å². The summed E-state index contributed by atoms with van der Waals surface area (Å²) in [5, 5.41) is 6.47. The average Bonchev–Trinajstić information content (AvgIpc) is 3.10. The molecule has 0 spiro atoms. The van der Waals surface area contributed by atoms with Gasteiger partial charge in [0.15, 0.2) is 0 Å². The fraction of sp³-hybridized carbons (Fsp3) is 0.455. The molecule has 0 saturated heterocycles. The Kier molecular flexibility index (Phi) is 5.25. The molecule has 0 saturated carbocycles. The number of carbonyl (C=O) groups is 1. The number of hydrogen-bond donors (Lipinski definition) is 1. The van der Waals surface area contributed by atoms with Gasteiger partial charge in [-0.25, -0.2) is 9.97 Å². The van der Waals surface area contributed by atoms with Crippen LogP contribution in [0.5, 0.6) is 0 Å². The highest BCUT2D eigenvalue weighted by molar-refractivity contribution is 7.09. The maximum atomic E-state index is 13.0. The highest BCUT2D eigenvalue weighted by atomic mass is 32.1. The van der Waals surface area contributed by atoms with Crippen LogP contribution in [0.4, 0.5) is 0 Å². The number of rotatable bonds is 3. The van der Waals surface area contributed by atoms with Crippen molar-refractivity contribution in [3.8, 4) is 0 Å². The van der Waals surface area contributed by atoms with E-state index in [1.807, 2.05) is 30.7 Å². The maximum Gasteiger partial charge on any atom is 0.261 e. The molecule has 7 heteroatoms. The Hall–Kier alpha value is -2.54. The fourth-order valence-electron chi connectivity index (χ4n) is 3.79. The lowest BCUT2D eigenvalue weighted by Crippen LogP contribution is -2.41. The van der Waals surface area contributed by atoms with Gasteiger partial charge in [-0.3, -0.25) is 14.2 Å². The molecule has 0 atom stereocenters. The number of aromatic nitrogens is 3. The van der Waals surface area contributed by atoms with E-state index in [1.165, 1.54) is 17.8 Å². The third-order valence-electron chi connectivity index (χ3n) is 5.41. The number of amides is 1. The quantitative estimate of drug-likeness (QED) is 0.709. The third-order valence-corrected chi connectivity index (χ3v) is 6.69. The molecule has 6 nitrogen and oxygen atoms in total. The van der Waals surface area contributed by atoms with Gasteiger partial charge in [0.1, 0.15) is 10.8 Å². The maximum absolute atomic E-state index is 13.0. The molecular weight excluding hydrogens is 384 g/mol. The van der Waals surface area contributed by atoms with Crippen LogP contribution in [0, 0.1) is 6.92 Å². The zero-order valence-electron chi connectivity index (χ0n) is 17.1. The van der Waals surface area contributed by atoms with Crippen molar-refractivity contribution in [1.29, 1.82) is 0 Å². The van der Waals surface area contributed by atoms with Crippen LogP contribution in [-0.2, 0) is 18.5 Å². The second-order valence-corrected chi connectivity index (χ2v) is 9.11. The van der Waals surface area contributed by atoms with E-state index in [1.54, 1.807) is 18.2 Å². The summed E-state index contributed by atoms with van der Waals surface area (Å²) in [7, 11) is 0. The summed E-state index contributed by atoms with van der Waals surface area (Å²) in [6, 6.07) is 5.17. The zero-order valence-corrected chi connectivity index (χ0v) is 17.9. The molecular formula is C22H26N4O2S. The Bertz CT molecular complexity index is 1130. The lowest BCUT2D eigenvalue weighted by atomic mass is 10.0. The topological polar surface area (TPSA) is 76.9 Å². The smallest absolute Gasteiger partial charge is 0.261 e. The Labute approximate surface area is 174 Å². The summed E-state index contributed by atoms with van der Waals surface area (Å²) in [4.78, 5) is 35.1. The van der Waals surface area contributed by atoms with Crippen molar-refractivity contribution in [2.45, 2.75) is 65.0 Å². The number of nitrogens with zero attached hydrogens (tertiary/aromatic N) is 3. The molecule has 4 rings (SSSR count). The normalized spacial score (nSPS) is 14.9. The van der Waals surface area contributed by atoms with Crippen LogP contribution >= 0.6 is 11.3 Å². The van der Waals surface area contributed by atoms with E-state index in [4.69, 9.17) is 4.98 Å². The number of benzene rings is 1. The van der Waals surface area contributed by atoms with Gasteiger partial charge in [-0.15, -0.1) is 11.3 Å². The summed E-state index contributed by atoms with van der Waals surface area (Å²) < 4.78 is 1.81. The fourth-order valence-corrected chi connectivity index (χ4v) is 4.66. The van der Waals surface area contributed by atoms with Crippen molar-refractivity contribution in [1.82, 2.24) is 19.9 Å². The minimum absolute atomic E-state index is 0.00236. The first-order valence-electron chi connectivity index (χ1n) is 10.1. The largest absolute Gasteiger partial charge is 0.341 e. The SMILES string of the molecule is Cc1csc(C(C)(C)NC(=O)c2ccc3c(=O)n4c(nc3c2)CCCCCC4)n1. The molecule has 1 amide bonds. The number of fused-ring (bicyclic) bond motifs is 2. The first kappa shape index (κ1) is 19.8. The van der Waals surface area contributed by atoms with Crippen molar-refractivity contribution in [2.75, 3.05) is 0 Å². The number of nitrogens with one attached hydrogen (secondary N) is 1. The molecule has 0 aliphatic carbocycles. The van der Waals surface area contributed by atoms with Crippen molar-refractivity contribution in [3.63, 3.8) is 0 Å². The molecule has 2 aromatic heterocycles. The molecule has 29 heavy (non-hydrogen) atoms. The highest BCUT2D eigenvalue weighted by Gasteiger charge is 2.27. The molecule has 1 aliphatic rings. The van der Waals surface area contributed by atoms with Gasteiger partial charge in [0.2, 0.25) is 0 Å². The van der Waals surface area contributed by atoms with Crippen LogP contribution in [0.2, 0.25) is 0 Å². The predicted molar refractivity (Wildman–Crippen MR) is 116 cm³/mol. The van der Waals surface area contributed by atoms with Gasteiger partial charge in [-0.2, -0.15) is 0 Å². The molecule has 3 aromatic rings. The van der Waals surface area contributed by atoms with Crippen molar-refractivity contribution in [2.24, 2.45) is 0 Å². The van der Waals surface area contributed by atoms with Crippen LogP contribution in [0.1, 0.15) is 66.4 Å². The summed E-state index contributed by atoms with van der Waals surface area (Å²) in [6.07, 6.45) is 5.17. The Balaban J connectivity index is 1.67. The van der Waals surface area contributed by atoms with Gasteiger partial charge >= 0.3 is 0 Å². The van der Waals surface area contributed by atoms with Crippen LogP contribution in [0.3, 0.4) is 0 Å². The Morgan fingerprint density at radius 2 is 1.97 bits per heavy atom. The van der Waals surface area contributed by atoms with Crippen LogP contribution in [0.25, 0.3) is 10.9 Å². The first-order valence-corrected chi connectivity index (χ1v) is 11.0. The van der Waals surface area contributed by atoms with E-state index >= 15 is 0 Å². The highest BCUT2D eigenvalue weighted by Crippen LogP contribution is 2.24. The number of hydrogen-bond acceptors (Lipinski definition) is 5. The first-order chi connectivity index (χ1) is 13.8. The van der Waals surface area contributed by atoms with Crippen molar-refractivity contribution < 1.29 is 4.79 Å². The van der Waals surface area contributed by atoms with Gasteiger partial charge in [0, 0.05) is 29.6 Å². The zero-order chi connectivity index (χ0) is 20.6. The van der Waals surface area contributed by atoms with E-state index in [2.05, 4.69) is 10.3 Å². The van der Waals surface area contributed by atoms with E-state index < -0.39 is 5.54 Å². The standard InChI is InChI=1S/C22H26N4O2S/c1-14-13-29-21(23-14)22(2,3)25-19(27)15-9-10-16-17(12-15)24-18-8-6-4-5-7-11-26(18)20(16)28/h9-10,12-13H,4-8,11H2,1-3H3,(H,25,27). The minimum Gasteiger partial charge on any atom is -0.341 e. The van der Waals surface area contributed by atoms with Gasteiger partial charge in [0.05, 0.1) is 16.4 Å². The second-order valence-electron chi connectivity index (χ2n) is 8.25. The number of thiazole rings is 1. The molecule has 3 heterocycles.